The van der Waals surface area contributed by atoms with Gasteiger partial charge in [0.05, 0.1) is 13.0 Å². The van der Waals surface area contributed by atoms with Crippen molar-refractivity contribution in [1.82, 2.24) is 10.2 Å². The fourth-order valence-electron chi connectivity index (χ4n) is 3.32. The molecule has 1 aliphatic rings. The molecule has 6 nitrogen and oxygen atoms in total. The van der Waals surface area contributed by atoms with E-state index in [2.05, 4.69) is 10.6 Å². The van der Waals surface area contributed by atoms with Crippen molar-refractivity contribution in [1.29, 1.82) is 0 Å². The maximum atomic E-state index is 12.4. The largest absolute Gasteiger partial charge is 0.494 e. The highest BCUT2D eigenvalue weighted by Gasteiger charge is 2.26. The Morgan fingerprint density at radius 3 is 2.57 bits per heavy atom. The maximum absolute atomic E-state index is 12.4. The SMILES string of the molecule is CCOc1ccc(NC(=O)NC[C@H]2CCN(C(=O)Cc3ccccc3)C2)cc1. The van der Waals surface area contributed by atoms with Crippen molar-refractivity contribution in [3.05, 3.63) is 60.2 Å². The van der Waals surface area contributed by atoms with Crippen LogP contribution in [0.1, 0.15) is 18.9 Å². The van der Waals surface area contributed by atoms with Crippen LogP contribution in [0.15, 0.2) is 54.6 Å². The number of ether oxygens (including phenoxy) is 1. The number of urea groups is 1. The van der Waals surface area contributed by atoms with Crippen LogP contribution in [0.4, 0.5) is 10.5 Å². The van der Waals surface area contributed by atoms with Crippen molar-refractivity contribution in [2.75, 3.05) is 31.6 Å². The maximum Gasteiger partial charge on any atom is 0.319 e. The van der Waals surface area contributed by atoms with Crippen molar-refractivity contribution < 1.29 is 14.3 Å². The van der Waals surface area contributed by atoms with Gasteiger partial charge in [-0.05, 0) is 49.1 Å². The molecular formula is C22H27N3O3. The third-order valence-corrected chi connectivity index (χ3v) is 4.81. The molecule has 3 amide bonds. The first-order chi connectivity index (χ1) is 13.6. The average molecular weight is 381 g/mol. The summed E-state index contributed by atoms with van der Waals surface area (Å²) in [6, 6.07) is 16.8. The number of nitrogens with zero attached hydrogens (tertiary/aromatic N) is 1. The molecule has 0 aliphatic carbocycles. The van der Waals surface area contributed by atoms with Gasteiger partial charge in [-0.2, -0.15) is 0 Å². The number of benzene rings is 2. The smallest absolute Gasteiger partial charge is 0.319 e. The highest BCUT2D eigenvalue weighted by atomic mass is 16.5. The quantitative estimate of drug-likeness (QED) is 0.773. The van der Waals surface area contributed by atoms with Gasteiger partial charge in [-0.3, -0.25) is 4.79 Å². The minimum Gasteiger partial charge on any atom is -0.494 e. The van der Waals surface area contributed by atoms with Crippen LogP contribution in [0.3, 0.4) is 0 Å². The molecule has 1 aliphatic heterocycles. The zero-order valence-corrected chi connectivity index (χ0v) is 16.2. The summed E-state index contributed by atoms with van der Waals surface area (Å²) in [5.74, 6) is 1.21. The van der Waals surface area contributed by atoms with Gasteiger partial charge in [0.15, 0.2) is 0 Å². The highest BCUT2D eigenvalue weighted by Crippen LogP contribution is 2.18. The lowest BCUT2D eigenvalue weighted by Gasteiger charge is -2.17. The Hall–Kier alpha value is -3.02. The first-order valence-corrected chi connectivity index (χ1v) is 9.73. The Bertz CT molecular complexity index is 777. The van der Waals surface area contributed by atoms with Crippen LogP contribution in [0.5, 0.6) is 5.75 Å². The number of carbonyl (C=O) groups excluding carboxylic acids is 2. The number of carbonyl (C=O) groups is 2. The molecule has 0 radical (unpaired) electrons. The predicted molar refractivity (Wildman–Crippen MR) is 109 cm³/mol. The summed E-state index contributed by atoms with van der Waals surface area (Å²) in [7, 11) is 0. The van der Waals surface area contributed by atoms with E-state index >= 15 is 0 Å². The van der Waals surface area contributed by atoms with Crippen LogP contribution in [0.25, 0.3) is 0 Å². The van der Waals surface area contributed by atoms with E-state index in [0.29, 0.717) is 31.8 Å². The van der Waals surface area contributed by atoms with E-state index in [-0.39, 0.29) is 17.9 Å². The molecule has 1 atom stereocenters. The molecule has 2 N–H and O–H groups in total. The minimum atomic E-state index is -0.238. The molecule has 0 saturated carbocycles. The lowest BCUT2D eigenvalue weighted by Crippen LogP contribution is -2.35. The topological polar surface area (TPSA) is 70.7 Å². The van der Waals surface area contributed by atoms with Gasteiger partial charge >= 0.3 is 6.03 Å². The molecule has 1 fully saturated rings. The Labute approximate surface area is 165 Å². The highest BCUT2D eigenvalue weighted by molar-refractivity contribution is 5.89. The van der Waals surface area contributed by atoms with Gasteiger partial charge in [-0.1, -0.05) is 30.3 Å². The lowest BCUT2D eigenvalue weighted by molar-refractivity contribution is -0.129. The summed E-state index contributed by atoms with van der Waals surface area (Å²) >= 11 is 0. The molecule has 0 unspecified atom stereocenters. The van der Waals surface area contributed by atoms with Gasteiger partial charge in [-0.25, -0.2) is 4.79 Å². The molecule has 2 aromatic carbocycles. The van der Waals surface area contributed by atoms with E-state index in [1.165, 1.54) is 0 Å². The van der Waals surface area contributed by atoms with E-state index in [1.54, 1.807) is 0 Å². The summed E-state index contributed by atoms with van der Waals surface area (Å²) in [6.07, 6.45) is 1.34. The van der Waals surface area contributed by atoms with E-state index in [4.69, 9.17) is 4.74 Å². The zero-order chi connectivity index (χ0) is 19.8. The van der Waals surface area contributed by atoms with Gasteiger partial charge in [0, 0.05) is 25.3 Å². The van der Waals surface area contributed by atoms with Crippen LogP contribution < -0.4 is 15.4 Å². The van der Waals surface area contributed by atoms with E-state index in [0.717, 1.165) is 24.3 Å². The normalized spacial score (nSPS) is 15.9. The number of hydrogen-bond acceptors (Lipinski definition) is 3. The number of likely N-dealkylation sites (tertiary alicyclic amines) is 1. The minimum absolute atomic E-state index is 0.146. The summed E-state index contributed by atoms with van der Waals surface area (Å²) in [6.45, 7) is 4.53. The van der Waals surface area contributed by atoms with Crippen LogP contribution in [0, 0.1) is 5.92 Å². The third kappa shape index (κ3) is 5.74. The molecule has 6 heteroatoms. The molecule has 148 valence electrons. The standard InChI is InChI=1S/C22H27N3O3/c1-2-28-20-10-8-19(9-11-20)24-22(27)23-15-18-12-13-25(16-18)21(26)14-17-6-4-3-5-7-17/h3-11,18H,2,12-16H2,1H3,(H2,23,24,27)/t18-/m1/s1. The Morgan fingerprint density at radius 1 is 1.11 bits per heavy atom. The summed E-state index contributed by atoms with van der Waals surface area (Å²) in [5.41, 5.74) is 1.75. The first kappa shape index (κ1) is 19.7. The van der Waals surface area contributed by atoms with Gasteiger partial charge in [0.2, 0.25) is 5.91 Å². The zero-order valence-electron chi connectivity index (χ0n) is 16.2. The van der Waals surface area contributed by atoms with E-state index in [1.807, 2.05) is 66.4 Å². The van der Waals surface area contributed by atoms with Gasteiger partial charge < -0.3 is 20.3 Å². The van der Waals surface area contributed by atoms with Crippen LogP contribution in [-0.4, -0.2) is 43.1 Å². The fraction of sp³-hybridized carbons (Fsp3) is 0.364. The molecule has 1 saturated heterocycles. The fourth-order valence-corrected chi connectivity index (χ4v) is 3.32. The summed E-state index contributed by atoms with van der Waals surface area (Å²) in [4.78, 5) is 26.4. The summed E-state index contributed by atoms with van der Waals surface area (Å²) < 4.78 is 5.39. The number of hydrogen-bond donors (Lipinski definition) is 2. The lowest BCUT2D eigenvalue weighted by atomic mass is 10.1. The Kier molecular flexibility index (Phi) is 6.89. The van der Waals surface area contributed by atoms with Crippen molar-refractivity contribution in [2.45, 2.75) is 19.8 Å². The number of rotatable bonds is 7. The van der Waals surface area contributed by atoms with Crippen LogP contribution in [-0.2, 0) is 11.2 Å². The molecule has 0 aromatic heterocycles. The number of amides is 3. The number of nitrogens with one attached hydrogen (secondary N) is 2. The van der Waals surface area contributed by atoms with Crippen molar-refractivity contribution in [3.63, 3.8) is 0 Å². The Morgan fingerprint density at radius 2 is 1.86 bits per heavy atom. The second-order valence-corrected chi connectivity index (χ2v) is 6.95. The summed E-state index contributed by atoms with van der Waals surface area (Å²) in [5, 5.41) is 5.72. The second-order valence-electron chi connectivity index (χ2n) is 6.95. The molecule has 0 spiro atoms. The van der Waals surface area contributed by atoms with E-state index < -0.39 is 0 Å². The average Bonchev–Trinajstić information content (AvgIpc) is 3.18. The molecule has 0 bridgehead atoms. The molecule has 2 aromatic rings. The van der Waals surface area contributed by atoms with Crippen LogP contribution in [0.2, 0.25) is 0 Å². The van der Waals surface area contributed by atoms with Gasteiger partial charge in [-0.15, -0.1) is 0 Å². The predicted octanol–water partition coefficient (Wildman–Crippen LogP) is 3.30. The first-order valence-electron chi connectivity index (χ1n) is 9.73. The van der Waals surface area contributed by atoms with Crippen LogP contribution >= 0.6 is 0 Å². The molecule has 28 heavy (non-hydrogen) atoms. The van der Waals surface area contributed by atoms with Crippen molar-refractivity contribution >= 4 is 17.6 Å². The van der Waals surface area contributed by atoms with Crippen molar-refractivity contribution in [3.8, 4) is 5.75 Å². The third-order valence-electron chi connectivity index (χ3n) is 4.81. The molecular weight excluding hydrogens is 354 g/mol. The monoisotopic (exact) mass is 381 g/mol. The number of anilines is 1. The Balaban J connectivity index is 1.39. The van der Waals surface area contributed by atoms with Gasteiger partial charge in [0.25, 0.3) is 0 Å². The van der Waals surface area contributed by atoms with Crippen molar-refractivity contribution in [2.24, 2.45) is 5.92 Å². The molecule has 1 heterocycles. The van der Waals surface area contributed by atoms with Gasteiger partial charge in [0.1, 0.15) is 5.75 Å². The second kappa shape index (κ2) is 9.78. The van der Waals surface area contributed by atoms with E-state index in [9.17, 15) is 9.59 Å². The molecule has 3 rings (SSSR count).